The summed E-state index contributed by atoms with van der Waals surface area (Å²) >= 11 is 0. The monoisotopic (exact) mass is 336 g/mol. The van der Waals surface area contributed by atoms with Crippen LogP contribution in [-0.4, -0.2) is 50.1 Å². The molecule has 0 saturated heterocycles. The van der Waals surface area contributed by atoms with E-state index < -0.39 is 0 Å². The van der Waals surface area contributed by atoms with Crippen molar-refractivity contribution in [1.29, 1.82) is 0 Å². The van der Waals surface area contributed by atoms with E-state index in [0.29, 0.717) is 24.5 Å². The number of aromatic nitrogens is 3. The van der Waals surface area contributed by atoms with Gasteiger partial charge in [-0.05, 0) is 24.1 Å². The highest BCUT2D eigenvalue weighted by Gasteiger charge is 2.16. The number of rotatable bonds is 7. The van der Waals surface area contributed by atoms with E-state index in [1.807, 2.05) is 30.3 Å². The van der Waals surface area contributed by atoms with Gasteiger partial charge in [0.1, 0.15) is 12.1 Å². The van der Waals surface area contributed by atoms with Gasteiger partial charge in [-0.15, -0.1) is 0 Å². The number of benzene rings is 1. The molecule has 0 fully saturated rings. The van der Waals surface area contributed by atoms with E-state index in [0.717, 1.165) is 12.0 Å². The highest BCUT2D eigenvalue weighted by atomic mass is 16.3. The molecule has 1 N–H and O–H groups in total. The molecule has 1 aromatic carbocycles. The summed E-state index contributed by atoms with van der Waals surface area (Å²) in [6, 6.07) is 13.4. The maximum absolute atomic E-state index is 12.8. The first-order valence-corrected chi connectivity index (χ1v) is 8.16. The first kappa shape index (κ1) is 16.9. The molecule has 6 nitrogen and oxygen atoms in total. The van der Waals surface area contributed by atoms with Gasteiger partial charge in [0.25, 0.3) is 5.91 Å². The molecule has 6 heteroatoms. The lowest BCUT2D eigenvalue weighted by Gasteiger charge is -2.22. The maximum Gasteiger partial charge on any atom is 0.254 e. The standard InChI is InChI=1S/C19H20N4O2/c24-13-12-22(10-7-16-4-2-1-3-5-16)19(25)17-6-8-21-18(14-17)23-11-9-20-15-23/h1-6,8-9,11,14-15,24H,7,10,12-13H2. The molecule has 0 bridgehead atoms. The predicted octanol–water partition coefficient (Wildman–Crippen LogP) is 1.94. The number of amides is 1. The van der Waals surface area contributed by atoms with Crippen molar-refractivity contribution in [3.05, 3.63) is 78.5 Å². The lowest BCUT2D eigenvalue weighted by atomic mass is 10.1. The van der Waals surface area contributed by atoms with Crippen molar-refractivity contribution < 1.29 is 9.90 Å². The van der Waals surface area contributed by atoms with Crippen LogP contribution in [-0.2, 0) is 6.42 Å². The van der Waals surface area contributed by atoms with Crippen LogP contribution in [0.15, 0.2) is 67.4 Å². The number of hydrogen-bond donors (Lipinski definition) is 1. The van der Waals surface area contributed by atoms with Crippen molar-refractivity contribution in [2.75, 3.05) is 19.7 Å². The number of carbonyl (C=O) groups excluding carboxylic acids is 1. The largest absolute Gasteiger partial charge is 0.395 e. The van der Waals surface area contributed by atoms with Gasteiger partial charge in [-0.2, -0.15) is 0 Å². The van der Waals surface area contributed by atoms with Crippen molar-refractivity contribution in [3.63, 3.8) is 0 Å². The SMILES string of the molecule is O=C(c1ccnc(-n2ccnc2)c1)N(CCO)CCc1ccccc1. The van der Waals surface area contributed by atoms with Crippen molar-refractivity contribution >= 4 is 5.91 Å². The Kier molecular flexibility index (Phi) is 5.53. The van der Waals surface area contributed by atoms with Gasteiger partial charge in [-0.25, -0.2) is 9.97 Å². The quantitative estimate of drug-likeness (QED) is 0.716. The number of nitrogens with zero attached hydrogens (tertiary/aromatic N) is 4. The molecule has 0 saturated carbocycles. The minimum absolute atomic E-state index is 0.0695. The lowest BCUT2D eigenvalue weighted by Crippen LogP contribution is -2.35. The number of imidazole rings is 1. The Bertz CT molecular complexity index is 803. The van der Waals surface area contributed by atoms with Crippen LogP contribution in [0, 0.1) is 0 Å². The summed E-state index contributed by atoms with van der Waals surface area (Å²) < 4.78 is 1.75. The molecular formula is C19H20N4O2. The first-order chi connectivity index (χ1) is 12.3. The molecule has 0 aliphatic rings. The van der Waals surface area contributed by atoms with Crippen molar-refractivity contribution in [2.24, 2.45) is 0 Å². The molecule has 0 unspecified atom stereocenters. The van der Waals surface area contributed by atoms with Gasteiger partial charge < -0.3 is 10.0 Å². The molecule has 0 atom stereocenters. The van der Waals surface area contributed by atoms with Crippen molar-refractivity contribution in [1.82, 2.24) is 19.4 Å². The maximum atomic E-state index is 12.8. The van der Waals surface area contributed by atoms with Gasteiger partial charge in [-0.3, -0.25) is 9.36 Å². The summed E-state index contributed by atoms with van der Waals surface area (Å²) in [5.41, 5.74) is 1.70. The number of hydrogen-bond acceptors (Lipinski definition) is 4. The molecule has 0 aliphatic carbocycles. The molecule has 1 amide bonds. The van der Waals surface area contributed by atoms with Gasteiger partial charge in [-0.1, -0.05) is 30.3 Å². The molecule has 3 aromatic rings. The second-order valence-corrected chi connectivity index (χ2v) is 5.62. The topological polar surface area (TPSA) is 71.2 Å². The van der Waals surface area contributed by atoms with Gasteiger partial charge in [0.15, 0.2) is 0 Å². The Morgan fingerprint density at radius 1 is 1.12 bits per heavy atom. The summed E-state index contributed by atoms with van der Waals surface area (Å²) in [5, 5.41) is 9.32. The van der Waals surface area contributed by atoms with Crippen LogP contribution in [0.2, 0.25) is 0 Å². The summed E-state index contributed by atoms with van der Waals surface area (Å²) in [5.74, 6) is 0.518. The summed E-state index contributed by atoms with van der Waals surface area (Å²) in [7, 11) is 0. The molecular weight excluding hydrogens is 316 g/mol. The molecule has 0 aliphatic heterocycles. The zero-order valence-corrected chi connectivity index (χ0v) is 13.8. The van der Waals surface area contributed by atoms with Crippen LogP contribution in [0.25, 0.3) is 5.82 Å². The summed E-state index contributed by atoms with van der Waals surface area (Å²) in [4.78, 5) is 22.8. The average Bonchev–Trinajstić information content (AvgIpc) is 3.20. The van der Waals surface area contributed by atoms with Crippen molar-refractivity contribution in [3.8, 4) is 5.82 Å². The third kappa shape index (κ3) is 4.30. The van der Waals surface area contributed by atoms with Crippen molar-refractivity contribution in [2.45, 2.75) is 6.42 Å². The van der Waals surface area contributed by atoms with E-state index in [-0.39, 0.29) is 12.5 Å². The first-order valence-electron chi connectivity index (χ1n) is 8.16. The van der Waals surface area contributed by atoms with E-state index in [9.17, 15) is 9.90 Å². The fraction of sp³-hybridized carbons (Fsp3) is 0.211. The predicted molar refractivity (Wildman–Crippen MR) is 94.5 cm³/mol. The highest BCUT2D eigenvalue weighted by molar-refractivity contribution is 5.94. The minimum atomic E-state index is -0.117. The van der Waals surface area contributed by atoms with Gasteiger partial charge in [0.05, 0.1) is 6.61 Å². The Balaban J connectivity index is 1.75. The number of aliphatic hydroxyl groups is 1. The smallest absolute Gasteiger partial charge is 0.254 e. The molecule has 0 radical (unpaired) electrons. The molecule has 0 spiro atoms. The van der Waals surface area contributed by atoms with E-state index >= 15 is 0 Å². The second kappa shape index (κ2) is 8.21. The lowest BCUT2D eigenvalue weighted by molar-refractivity contribution is 0.0724. The van der Waals surface area contributed by atoms with E-state index in [1.54, 1.807) is 46.5 Å². The Morgan fingerprint density at radius 3 is 2.68 bits per heavy atom. The molecule has 2 heterocycles. The fourth-order valence-corrected chi connectivity index (χ4v) is 2.61. The minimum Gasteiger partial charge on any atom is -0.395 e. The zero-order chi connectivity index (χ0) is 17.5. The second-order valence-electron chi connectivity index (χ2n) is 5.62. The highest BCUT2D eigenvalue weighted by Crippen LogP contribution is 2.11. The van der Waals surface area contributed by atoms with Crippen LogP contribution >= 0.6 is 0 Å². The molecule has 25 heavy (non-hydrogen) atoms. The van der Waals surface area contributed by atoms with E-state index in [1.165, 1.54) is 0 Å². The van der Waals surface area contributed by atoms with E-state index in [4.69, 9.17) is 0 Å². The number of pyridine rings is 1. The number of aliphatic hydroxyl groups excluding tert-OH is 1. The number of carbonyl (C=O) groups is 1. The van der Waals surface area contributed by atoms with Gasteiger partial charge in [0, 0.05) is 37.2 Å². The third-order valence-corrected chi connectivity index (χ3v) is 3.93. The van der Waals surface area contributed by atoms with Gasteiger partial charge >= 0.3 is 0 Å². The normalized spacial score (nSPS) is 10.6. The Hall–Kier alpha value is -2.99. The van der Waals surface area contributed by atoms with Crippen LogP contribution < -0.4 is 0 Å². The van der Waals surface area contributed by atoms with Gasteiger partial charge in [0.2, 0.25) is 0 Å². The van der Waals surface area contributed by atoms with E-state index in [2.05, 4.69) is 9.97 Å². The van der Waals surface area contributed by atoms with Crippen LogP contribution in [0.1, 0.15) is 15.9 Å². The Labute approximate surface area is 146 Å². The average molecular weight is 336 g/mol. The molecule has 2 aromatic heterocycles. The van der Waals surface area contributed by atoms with Crippen LogP contribution in [0.5, 0.6) is 0 Å². The Morgan fingerprint density at radius 2 is 1.96 bits per heavy atom. The molecule has 3 rings (SSSR count). The summed E-state index contributed by atoms with van der Waals surface area (Å²) in [6.45, 7) is 0.778. The molecule has 128 valence electrons. The third-order valence-electron chi connectivity index (χ3n) is 3.93. The van der Waals surface area contributed by atoms with Crippen LogP contribution in [0.3, 0.4) is 0 Å². The summed E-state index contributed by atoms with van der Waals surface area (Å²) in [6.07, 6.45) is 7.42. The zero-order valence-electron chi connectivity index (χ0n) is 13.8. The fourth-order valence-electron chi connectivity index (χ4n) is 2.61. The van der Waals surface area contributed by atoms with Crippen LogP contribution in [0.4, 0.5) is 0 Å².